The van der Waals surface area contributed by atoms with Gasteiger partial charge in [-0.3, -0.25) is 9.59 Å². The summed E-state index contributed by atoms with van der Waals surface area (Å²) in [7, 11) is 1.54. The van der Waals surface area contributed by atoms with E-state index in [9.17, 15) is 9.59 Å². The molecule has 27 heavy (non-hydrogen) atoms. The number of methoxy groups -OCH3 is 1. The summed E-state index contributed by atoms with van der Waals surface area (Å²) >= 11 is 3.44. The number of benzene rings is 1. The lowest BCUT2D eigenvalue weighted by Gasteiger charge is -2.20. The number of ether oxygens (including phenoxy) is 2. The molecular weight excluding hydrogens is 412 g/mol. The predicted molar refractivity (Wildman–Crippen MR) is 108 cm³/mol. The van der Waals surface area contributed by atoms with Crippen molar-refractivity contribution in [3.8, 4) is 11.5 Å². The maximum absolute atomic E-state index is 12.4. The van der Waals surface area contributed by atoms with Gasteiger partial charge in [-0.15, -0.1) is 0 Å². The fourth-order valence-corrected chi connectivity index (χ4v) is 3.72. The number of carbonyl (C=O) groups is 2. The zero-order valence-electron chi connectivity index (χ0n) is 16.1. The van der Waals surface area contributed by atoms with Crippen molar-refractivity contribution in [1.29, 1.82) is 0 Å². The van der Waals surface area contributed by atoms with Gasteiger partial charge in [0.25, 0.3) is 5.91 Å². The van der Waals surface area contributed by atoms with E-state index < -0.39 is 0 Å². The standard InChI is InChI=1S/C20H29BrN2O4/c1-3-11-27-18-16(21)12-15(13-17(18)26-2)20(25)23-10-9-22-19(24)14-7-5-4-6-8-14/h12-14H,3-11H2,1-2H3,(H,22,24)(H,23,25). The van der Waals surface area contributed by atoms with Gasteiger partial charge in [0.15, 0.2) is 11.5 Å². The Labute approximate surface area is 169 Å². The normalized spacial score (nSPS) is 14.5. The van der Waals surface area contributed by atoms with E-state index in [0.29, 0.717) is 41.2 Å². The number of halogens is 1. The molecule has 1 aliphatic rings. The number of hydrogen-bond donors (Lipinski definition) is 2. The Morgan fingerprint density at radius 3 is 2.52 bits per heavy atom. The zero-order chi connectivity index (χ0) is 19.6. The van der Waals surface area contributed by atoms with E-state index in [4.69, 9.17) is 9.47 Å². The molecule has 1 fully saturated rings. The van der Waals surface area contributed by atoms with Crippen LogP contribution in [-0.2, 0) is 4.79 Å². The first-order valence-electron chi connectivity index (χ1n) is 9.63. The first-order valence-corrected chi connectivity index (χ1v) is 10.4. The molecule has 1 aromatic rings. The Morgan fingerprint density at radius 2 is 1.85 bits per heavy atom. The minimum atomic E-state index is -0.219. The molecule has 1 saturated carbocycles. The van der Waals surface area contributed by atoms with E-state index in [-0.39, 0.29) is 17.7 Å². The van der Waals surface area contributed by atoms with Crippen molar-refractivity contribution in [2.75, 3.05) is 26.8 Å². The van der Waals surface area contributed by atoms with Gasteiger partial charge in [0.2, 0.25) is 5.91 Å². The first kappa shape index (κ1) is 21.5. The van der Waals surface area contributed by atoms with Crippen LogP contribution in [-0.4, -0.2) is 38.6 Å². The van der Waals surface area contributed by atoms with Crippen LogP contribution in [0.1, 0.15) is 55.8 Å². The Morgan fingerprint density at radius 1 is 1.15 bits per heavy atom. The van der Waals surface area contributed by atoms with Crippen LogP contribution in [0.15, 0.2) is 16.6 Å². The number of hydrogen-bond acceptors (Lipinski definition) is 4. The molecule has 150 valence electrons. The third-order valence-corrected chi connectivity index (χ3v) is 5.22. The maximum Gasteiger partial charge on any atom is 0.251 e. The maximum atomic E-state index is 12.4. The summed E-state index contributed by atoms with van der Waals surface area (Å²) in [5.74, 6) is 1.11. The Kier molecular flexibility index (Phi) is 8.91. The molecule has 0 heterocycles. The molecule has 1 aliphatic carbocycles. The number of amides is 2. The lowest BCUT2D eigenvalue weighted by Crippen LogP contribution is -2.38. The highest BCUT2D eigenvalue weighted by molar-refractivity contribution is 9.10. The van der Waals surface area contributed by atoms with Crippen LogP contribution in [0.5, 0.6) is 11.5 Å². The Balaban J connectivity index is 1.84. The number of rotatable bonds is 9. The molecule has 0 unspecified atom stereocenters. The number of nitrogens with one attached hydrogen (secondary N) is 2. The summed E-state index contributed by atoms with van der Waals surface area (Å²) in [6.07, 6.45) is 6.30. The van der Waals surface area contributed by atoms with E-state index in [1.165, 1.54) is 6.42 Å². The summed E-state index contributed by atoms with van der Waals surface area (Å²) in [5, 5.41) is 5.75. The largest absolute Gasteiger partial charge is 0.493 e. The van der Waals surface area contributed by atoms with Crippen molar-refractivity contribution < 1.29 is 19.1 Å². The molecule has 2 N–H and O–H groups in total. The van der Waals surface area contributed by atoms with Crippen LogP contribution in [0.3, 0.4) is 0 Å². The molecule has 0 spiro atoms. The molecule has 0 bridgehead atoms. The van der Waals surface area contributed by atoms with E-state index in [0.717, 1.165) is 32.1 Å². The molecule has 7 heteroatoms. The lowest BCUT2D eigenvalue weighted by molar-refractivity contribution is -0.125. The monoisotopic (exact) mass is 440 g/mol. The third kappa shape index (κ3) is 6.41. The molecular formula is C20H29BrN2O4. The van der Waals surface area contributed by atoms with Crippen LogP contribution in [0, 0.1) is 5.92 Å². The van der Waals surface area contributed by atoms with Crippen LogP contribution < -0.4 is 20.1 Å². The minimum absolute atomic E-state index is 0.103. The van der Waals surface area contributed by atoms with E-state index in [1.807, 2.05) is 6.92 Å². The van der Waals surface area contributed by atoms with E-state index >= 15 is 0 Å². The highest BCUT2D eigenvalue weighted by atomic mass is 79.9. The summed E-state index contributed by atoms with van der Waals surface area (Å²) in [4.78, 5) is 24.5. The van der Waals surface area contributed by atoms with Gasteiger partial charge in [-0.05, 0) is 47.3 Å². The van der Waals surface area contributed by atoms with Gasteiger partial charge in [0.1, 0.15) is 0 Å². The van der Waals surface area contributed by atoms with Gasteiger partial charge >= 0.3 is 0 Å². The second-order valence-corrected chi connectivity index (χ2v) is 7.57. The van der Waals surface area contributed by atoms with Gasteiger partial charge in [-0.25, -0.2) is 0 Å². The predicted octanol–water partition coefficient (Wildman–Crippen LogP) is 3.67. The molecule has 2 amide bonds. The molecule has 6 nitrogen and oxygen atoms in total. The lowest BCUT2D eigenvalue weighted by atomic mass is 9.89. The SMILES string of the molecule is CCCOc1c(Br)cc(C(=O)NCCNC(=O)C2CCCCC2)cc1OC. The molecule has 0 atom stereocenters. The summed E-state index contributed by atoms with van der Waals surface area (Å²) in [5.41, 5.74) is 0.473. The molecule has 2 rings (SSSR count). The highest BCUT2D eigenvalue weighted by Crippen LogP contribution is 2.36. The highest BCUT2D eigenvalue weighted by Gasteiger charge is 2.20. The van der Waals surface area contributed by atoms with Crippen molar-refractivity contribution in [2.24, 2.45) is 5.92 Å². The van der Waals surface area contributed by atoms with Crippen LogP contribution in [0.25, 0.3) is 0 Å². The zero-order valence-corrected chi connectivity index (χ0v) is 17.7. The second-order valence-electron chi connectivity index (χ2n) is 6.72. The second kappa shape index (κ2) is 11.2. The minimum Gasteiger partial charge on any atom is -0.493 e. The van der Waals surface area contributed by atoms with Gasteiger partial charge in [0, 0.05) is 24.6 Å². The van der Waals surface area contributed by atoms with Crippen LogP contribution >= 0.6 is 15.9 Å². The Bertz CT molecular complexity index is 645. The summed E-state index contributed by atoms with van der Waals surface area (Å²) in [6.45, 7) is 3.40. The summed E-state index contributed by atoms with van der Waals surface area (Å²) in [6, 6.07) is 3.37. The smallest absolute Gasteiger partial charge is 0.251 e. The first-order chi connectivity index (χ1) is 13.1. The van der Waals surface area contributed by atoms with Crippen molar-refractivity contribution in [2.45, 2.75) is 45.4 Å². The number of carbonyl (C=O) groups excluding carboxylic acids is 2. The fourth-order valence-electron chi connectivity index (χ4n) is 3.17. The quantitative estimate of drug-likeness (QED) is 0.574. The average Bonchev–Trinajstić information content (AvgIpc) is 2.70. The topological polar surface area (TPSA) is 76.7 Å². The van der Waals surface area contributed by atoms with Gasteiger partial charge in [0.05, 0.1) is 18.2 Å². The van der Waals surface area contributed by atoms with Gasteiger partial charge in [-0.2, -0.15) is 0 Å². The third-order valence-electron chi connectivity index (χ3n) is 4.63. The van der Waals surface area contributed by atoms with Crippen molar-refractivity contribution in [1.82, 2.24) is 10.6 Å². The van der Waals surface area contributed by atoms with E-state index in [1.54, 1.807) is 19.2 Å². The molecule has 0 radical (unpaired) electrons. The molecule has 1 aromatic carbocycles. The fraction of sp³-hybridized carbons (Fsp3) is 0.600. The van der Waals surface area contributed by atoms with Crippen molar-refractivity contribution in [3.63, 3.8) is 0 Å². The van der Waals surface area contributed by atoms with Gasteiger partial charge in [-0.1, -0.05) is 26.2 Å². The van der Waals surface area contributed by atoms with Crippen molar-refractivity contribution >= 4 is 27.7 Å². The molecule has 0 aromatic heterocycles. The van der Waals surface area contributed by atoms with E-state index in [2.05, 4.69) is 26.6 Å². The Hall–Kier alpha value is -1.76. The summed E-state index contributed by atoms with van der Waals surface area (Å²) < 4.78 is 11.7. The van der Waals surface area contributed by atoms with Crippen LogP contribution in [0.2, 0.25) is 0 Å². The van der Waals surface area contributed by atoms with Crippen molar-refractivity contribution in [3.05, 3.63) is 22.2 Å². The average molecular weight is 441 g/mol. The molecule has 0 aliphatic heterocycles. The van der Waals surface area contributed by atoms with Gasteiger partial charge < -0.3 is 20.1 Å². The molecule has 0 saturated heterocycles. The van der Waals surface area contributed by atoms with Crippen LogP contribution in [0.4, 0.5) is 0 Å².